The lowest BCUT2D eigenvalue weighted by molar-refractivity contribution is -0.836. The highest BCUT2D eigenvalue weighted by Crippen LogP contribution is 2.11. The van der Waals surface area contributed by atoms with Gasteiger partial charge in [-0.2, -0.15) is 0 Å². The van der Waals surface area contributed by atoms with Crippen LogP contribution in [0.25, 0.3) is 0 Å². The van der Waals surface area contributed by atoms with Gasteiger partial charge in [-0.05, 0) is 13.3 Å². The van der Waals surface area contributed by atoms with Crippen LogP contribution in [0.1, 0.15) is 97.8 Å². The molecular weight excluding hydrogens is 366 g/mol. The summed E-state index contributed by atoms with van der Waals surface area (Å²) in [7, 11) is 6.25. The van der Waals surface area contributed by atoms with Crippen molar-refractivity contribution in [2.75, 3.05) is 27.7 Å². The fraction of sp³-hybridized carbons (Fsp3) is 0.913. The molecule has 2 amide bonds. The van der Waals surface area contributed by atoms with Gasteiger partial charge in [-0.3, -0.25) is 0 Å². The number of aliphatic carboxylic acids is 1. The summed E-state index contributed by atoms with van der Waals surface area (Å²) in [6.45, 7) is 6.09. The molecule has 0 saturated heterocycles. The van der Waals surface area contributed by atoms with Crippen LogP contribution >= 0.6 is 0 Å². The van der Waals surface area contributed by atoms with Gasteiger partial charge in [0.1, 0.15) is 0 Å². The molecule has 0 aliphatic carbocycles. The largest absolute Gasteiger partial charge is 0.550 e. The monoisotopic (exact) mass is 415 g/mol. The Kier molecular flexibility index (Phi) is 22.1. The number of rotatable bonds is 16. The SMILES string of the molecule is CCCCCCCCCCCCCCNC(=O)N[C@H](C)[C@@H](C)C(=O)[O-].C[NH+](C)C. The molecule has 0 aromatic rings. The third-order valence-electron chi connectivity index (χ3n) is 4.80. The van der Waals surface area contributed by atoms with Gasteiger partial charge in [0.2, 0.25) is 0 Å². The number of carbonyl (C=O) groups excluding carboxylic acids is 2. The maximum absolute atomic E-state index is 11.6. The summed E-state index contributed by atoms with van der Waals surface area (Å²) >= 11 is 0. The maximum Gasteiger partial charge on any atom is 0.315 e. The van der Waals surface area contributed by atoms with Gasteiger partial charge >= 0.3 is 6.03 Å². The number of hydrogen-bond acceptors (Lipinski definition) is 3. The highest BCUT2D eigenvalue weighted by Gasteiger charge is 2.15. The van der Waals surface area contributed by atoms with Crippen molar-refractivity contribution in [3.8, 4) is 0 Å². The van der Waals surface area contributed by atoms with Crippen molar-refractivity contribution < 1.29 is 19.6 Å². The van der Waals surface area contributed by atoms with Crippen LogP contribution in [0.2, 0.25) is 0 Å². The minimum atomic E-state index is -1.14. The van der Waals surface area contributed by atoms with Crippen LogP contribution < -0.4 is 20.6 Å². The summed E-state index contributed by atoms with van der Waals surface area (Å²) < 4.78 is 0. The molecule has 0 aliphatic heterocycles. The molecule has 0 radical (unpaired) electrons. The molecule has 0 saturated carbocycles. The summed E-state index contributed by atoms with van der Waals surface area (Å²) in [6, 6.07) is -0.740. The van der Waals surface area contributed by atoms with E-state index in [1.807, 2.05) is 0 Å². The van der Waals surface area contributed by atoms with Crippen LogP contribution in [0.5, 0.6) is 0 Å². The standard InChI is InChI=1S/C20H40N2O3.C3H9N/c1-4-5-6-7-8-9-10-11-12-13-14-15-16-21-20(25)22-18(3)17(2)19(23)24;1-4(2)3/h17-18H,4-16H2,1-3H3,(H,23,24)(H2,21,22,25);1-3H3/t17-,18-;/m1./s1. The lowest BCUT2D eigenvalue weighted by Crippen LogP contribution is -3.02. The molecular formula is C23H49N3O3. The van der Waals surface area contributed by atoms with E-state index >= 15 is 0 Å². The number of hydrogen-bond donors (Lipinski definition) is 3. The van der Waals surface area contributed by atoms with Crippen molar-refractivity contribution in [1.29, 1.82) is 0 Å². The topological polar surface area (TPSA) is 85.7 Å². The summed E-state index contributed by atoms with van der Waals surface area (Å²) in [5.41, 5.74) is 0. The Balaban J connectivity index is 0. The molecule has 2 atom stereocenters. The first-order chi connectivity index (χ1) is 13.7. The number of urea groups is 1. The second-order valence-electron chi connectivity index (χ2n) is 8.69. The quantitative estimate of drug-likeness (QED) is 0.339. The Bertz CT molecular complexity index is 387. The highest BCUT2D eigenvalue weighted by molar-refractivity contribution is 5.75. The van der Waals surface area contributed by atoms with Gasteiger partial charge in [0.25, 0.3) is 0 Å². The Hall–Kier alpha value is -1.30. The lowest BCUT2D eigenvalue weighted by Gasteiger charge is -2.22. The predicted molar refractivity (Wildman–Crippen MR) is 120 cm³/mol. The molecule has 0 bridgehead atoms. The fourth-order valence-corrected chi connectivity index (χ4v) is 2.75. The smallest absolute Gasteiger partial charge is 0.315 e. The van der Waals surface area contributed by atoms with E-state index in [-0.39, 0.29) is 6.03 Å². The summed E-state index contributed by atoms with van der Waals surface area (Å²) in [4.78, 5) is 23.8. The second kappa shape index (κ2) is 21.4. The molecule has 0 aromatic heterocycles. The van der Waals surface area contributed by atoms with Gasteiger partial charge < -0.3 is 25.4 Å². The minimum absolute atomic E-state index is 0.302. The number of carboxylic acids is 1. The van der Waals surface area contributed by atoms with E-state index in [0.29, 0.717) is 6.54 Å². The van der Waals surface area contributed by atoms with E-state index < -0.39 is 17.9 Å². The maximum atomic E-state index is 11.6. The molecule has 0 aromatic carbocycles. The normalized spacial score (nSPS) is 12.7. The van der Waals surface area contributed by atoms with Crippen molar-refractivity contribution >= 4 is 12.0 Å². The van der Waals surface area contributed by atoms with Crippen molar-refractivity contribution in [2.45, 2.75) is 104 Å². The number of carboxylic acid groups (broad SMARTS) is 1. The first-order valence-electron chi connectivity index (χ1n) is 11.7. The number of quaternary nitrogens is 1. The third kappa shape index (κ3) is 24.7. The average Bonchev–Trinajstić information content (AvgIpc) is 2.64. The van der Waals surface area contributed by atoms with E-state index in [0.717, 1.165) is 12.8 Å². The minimum Gasteiger partial charge on any atom is -0.550 e. The summed E-state index contributed by atoms with van der Waals surface area (Å²) in [6.07, 6.45) is 15.5. The fourth-order valence-electron chi connectivity index (χ4n) is 2.75. The van der Waals surface area contributed by atoms with Crippen LogP contribution in [-0.2, 0) is 4.79 Å². The van der Waals surface area contributed by atoms with Crippen LogP contribution in [-0.4, -0.2) is 45.7 Å². The molecule has 0 rings (SSSR count). The van der Waals surface area contributed by atoms with Crippen LogP contribution in [0.15, 0.2) is 0 Å². The zero-order chi connectivity index (χ0) is 22.5. The third-order valence-corrected chi connectivity index (χ3v) is 4.80. The number of nitrogens with one attached hydrogen (secondary N) is 3. The van der Waals surface area contributed by atoms with Crippen molar-refractivity contribution in [1.82, 2.24) is 10.6 Å². The number of amides is 2. The predicted octanol–water partition coefficient (Wildman–Crippen LogP) is 2.52. The first kappa shape index (κ1) is 29.9. The molecule has 0 heterocycles. The molecule has 6 heteroatoms. The molecule has 3 N–H and O–H groups in total. The van der Waals surface area contributed by atoms with Crippen molar-refractivity contribution in [2.24, 2.45) is 5.92 Å². The highest BCUT2D eigenvalue weighted by atomic mass is 16.4. The van der Waals surface area contributed by atoms with E-state index in [9.17, 15) is 14.7 Å². The first-order valence-corrected chi connectivity index (χ1v) is 11.7. The van der Waals surface area contributed by atoms with Crippen molar-refractivity contribution in [3.63, 3.8) is 0 Å². The molecule has 174 valence electrons. The summed E-state index contributed by atoms with van der Waals surface area (Å²) in [5, 5.41) is 16.1. The zero-order valence-corrected chi connectivity index (χ0v) is 20.1. The van der Waals surface area contributed by atoms with Gasteiger partial charge in [-0.1, -0.05) is 84.5 Å². The van der Waals surface area contributed by atoms with Crippen molar-refractivity contribution in [3.05, 3.63) is 0 Å². The Morgan fingerprint density at radius 2 is 1.17 bits per heavy atom. The number of unbranched alkanes of at least 4 members (excludes halogenated alkanes) is 11. The van der Waals surface area contributed by atoms with Crippen LogP contribution in [0.3, 0.4) is 0 Å². The van der Waals surface area contributed by atoms with Crippen LogP contribution in [0, 0.1) is 5.92 Å². The Morgan fingerprint density at radius 1 is 0.793 bits per heavy atom. The second-order valence-corrected chi connectivity index (χ2v) is 8.69. The summed E-state index contributed by atoms with van der Waals surface area (Å²) in [5.74, 6) is -1.84. The average molecular weight is 416 g/mol. The molecule has 0 unspecified atom stereocenters. The zero-order valence-electron chi connectivity index (χ0n) is 20.1. The lowest BCUT2D eigenvalue weighted by atomic mass is 10.0. The molecule has 0 fully saturated rings. The van der Waals surface area contributed by atoms with Gasteiger partial charge in [-0.25, -0.2) is 4.79 Å². The van der Waals surface area contributed by atoms with E-state index in [1.165, 1.54) is 76.0 Å². The van der Waals surface area contributed by atoms with Gasteiger partial charge in [0, 0.05) is 24.5 Å². The van der Waals surface area contributed by atoms with Gasteiger partial charge in [0.05, 0.1) is 21.1 Å². The Labute approximate surface area is 180 Å². The molecule has 29 heavy (non-hydrogen) atoms. The number of carbonyl (C=O) groups is 2. The molecule has 0 aliphatic rings. The molecule has 6 nitrogen and oxygen atoms in total. The van der Waals surface area contributed by atoms with E-state index in [4.69, 9.17) is 0 Å². The van der Waals surface area contributed by atoms with E-state index in [1.54, 1.807) is 6.92 Å². The van der Waals surface area contributed by atoms with Gasteiger partial charge in [-0.15, -0.1) is 0 Å². The van der Waals surface area contributed by atoms with E-state index in [2.05, 4.69) is 38.7 Å². The molecule has 0 spiro atoms. The van der Waals surface area contributed by atoms with Crippen LogP contribution in [0.4, 0.5) is 4.79 Å². The Morgan fingerprint density at radius 3 is 1.55 bits per heavy atom. The van der Waals surface area contributed by atoms with Gasteiger partial charge in [0.15, 0.2) is 0 Å².